The van der Waals surface area contributed by atoms with Gasteiger partial charge in [0.25, 0.3) is 11.8 Å². The Morgan fingerprint density at radius 2 is 1.50 bits per heavy atom. The van der Waals surface area contributed by atoms with Crippen molar-refractivity contribution in [3.63, 3.8) is 0 Å². The summed E-state index contributed by atoms with van der Waals surface area (Å²) >= 11 is 1.28. The zero-order chi connectivity index (χ0) is 15.1. The van der Waals surface area contributed by atoms with Gasteiger partial charge in [-0.15, -0.1) is 5.10 Å². The largest absolute Gasteiger partial charge is 0.268 e. The lowest BCUT2D eigenvalue weighted by molar-refractivity contribution is 0.0926. The van der Waals surface area contributed by atoms with E-state index in [4.69, 9.17) is 0 Å². The third-order valence-corrected chi connectivity index (χ3v) is 4.08. The van der Waals surface area contributed by atoms with Gasteiger partial charge in [-0.25, -0.2) is 4.90 Å². The number of rotatable bonds is 2. The van der Waals surface area contributed by atoms with Gasteiger partial charge >= 0.3 is 0 Å². The highest BCUT2D eigenvalue weighted by molar-refractivity contribution is 7.03. The molecule has 4 rings (SSSR count). The van der Waals surface area contributed by atoms with Crippen LogP contribution in [-0.2, 0) is 0 Å². The number of imide groups is 1. The molecule has 0 saturated carbocycles. The fourth-order valence-corrected chi connectivity index (χ4v) is 2.96. The molecule has 1 aromatic heterocycles. The maximum atomic E-state index is 12.4. The van der Waals surface area contributed by atoms with Crippen LogP contribution in [0.4, 0.5) is 5.69 Å². The molecule has 0 fully saturated rings. The van der Waals surface area contributed by atoms with Crippen LogP contribution in [0.2, 0.25) is 0 Å². The normalized spacial score (nSPS) is 13.5. The number of amides is 2. The highest BCUT2D eigenvalue weighted by Gasteiger charge is 2.36. The minimum Gasteiger partial charge on any atom is -0.268 e. The van der Waals surface area contributed by atoms with E-state index in [9.17, 15) is 9.59 Å². The first-order chi connectivity index (χ1) is 10.8. The molecule has 0 saturated heterocycles. The quantitative estimate of drug-likeness (QED) is 0.683. The topological polar surface area (TPSA) is 63.2 Å². The van der Waals surface area contributed by atoms with Gasteiger partial charge < -0.3 is 0 Å². The van der Waals surface area contributed by atoms with Crippen LogP contribution in [0.15, 0.2) is 53.9 Å². The summed E-state index contributed by atoms with van der Waals surface area (Å²) in [5, 5.41) is 5.84. The number of aromatic nitrogens is 2. The van der Waals surface area contributed by atoms with Gasteiger partial charge in [0.15, 0.2) is 0 Å². The maximum Gasteiger partial charge on any atom is 0.266 e. The fourth-order valence-electron chi connectivity index (χ4n) is 2.50. The van der Waals surface area contributed by atoms with Crippen molar-refractivity contribution in [2.75, 3.05) is 4.90 Å². The monoisotopic (exact) mass is 307 g/mol. The second-order valence-electron chi connectivity index (χ2n) is 4.83. The number of fused-ring (bicyclic) bond motifs is 1. The van der Waals surface area contributed by atoms with E-state index in [1.807, 2.05) is 17.5 Å². The summed E-state index contributed by atoms with van der Waals surface area (Å²) in [5.74, 6) is -0.577. The lowest BCUT2D eigenvalue weighted by Gasteiger charge is -2.14. The summed E-state index contributed by atoms with van der Waals surface area (Å²) in [5.41, 5.74) is 3.12. The van der Waals surface area contributed by atoms with Crippen molar-refractivity contribution in [1.82, 2.24) is 9.59 Å². The summed E-state index contributed by atoms with van der Waals surface area (Å²) in [6.45, 7) is 0. The van der Waals surface area contributed by atoms with Gasteiger partial charge in [0.05, 0.1) is 16.8 Å². The summed E-state index contributed by atoms with van der Waals surface area (Å²) < 4.78 is 3.82. The number of hydrogen-bond acceptors (Lipinski definition) is 5. The Hall–Kier alpha value is -2.86. The van der Waals surface area contributed by atoms with Gasteiger partial charge in [0.1, 0.15) is 5.69 Å². The number of benzene rings is 2. The lowest BCUT2D eigenvalue weighted by atomic mass is 10.1. The molecule has 0 bridgehead atoms. The Bertz CT molecular complexity index is 838. The molecule has 0 N–H and O–H groups in total. The molecule has 106 valence electrons. The summed E-state index contributed by atoms with van der Waals surface area (Å²) in [6, 6.07) is 14.0. The second kappa shape index (κ2) is 4.85. The molecule has 5 nitrogen and oxygen atoms in total. The van der Waals surface area contributed by atoms with Gasteiger partial charge in [0.2, 0.25) is 0 Å². The molecule has 3 aromatic rings. The van der Waals surface area contributed by atoms with E-state index in [0.717, 1.165) is 11.3 Å². The van der Waals surface area contributed by atoms with Gasteiger partial charge in [0, 0.05) is 10.9 Å². The highest BCUT2D eigenvalue weighted by Crippen LogP contribution is 2.29. The zero-order valence-electron chi connectivity index (χ0n) is 11.3. The Morgan fingerprint density at radius 3 is 2.05 bits per heavy atom. The first-order valence-electron chi connectivity index (χ1n) is 6.61. The third-order valence-electron chi connectivity index (χ3n) is 3.58. The molecule has 22 heavy (non-hydrogen) atoms. The second-order valence-corrected chi connectivity index (χ2v) is 5.44. The predicted octanol–water partition coefficient (Wildman–Crippen LogP) is 3.01. The Balaban J connectivity index is 1.72. The molecule has 2 aromatic carbocycles. The Labute approximate surface area is 130 Å². The molecule has 0 radical (unpaired) electrons. The van der Waals surface area contributed by atoms with Crippen molar-refractivity contribution >= 4 is 29.0 Å². The van der Waals surface area contributed by atoms with Crippen LogP contribution in [0.25, 0.3) is 11.3 Å². The third kappa shape index (κ3) is 1.85. The average Bonchev–Trinajstić information content (AvgIpc) is 3.17. The van der Waals surface area contributed by atoms with Crippen LogP contribution in [-0.4, -0.2) is 21.4 Å². The van der Waals surface area contributed by atoms with E-state index in [1.54, 1.807) is 36.4 Å². The van der Waals surface area contributed by atoms with Gasteiger partial charge in [-0.1, -0.05) is 28.8 Å². The fraction of sp³-hybridized carbons (Fsp3) is 0. The molecular weight excluding hydrogens is 298 g/mol. The van der Waals surface area contributed by atoms with E-state index in [2.05, 4.69) is 9.59 Å². The van der Waals surface area contributed by atoms with Crippen molar-refractivity contribution < 1.29 is 9.59 Å². The van der Waals surface area contributed by atoms with Crippen molar-refractivity contribution in [2.24, 2.45) is 0 Å². The van der Waals surface area contributed by atoms with Gasteiger partial charge in [-0.2, -0.15) is 0 Å². The number of carbonyl (C=O) groups excluding carboxylic acids is 2. The SMILES string of the molecule is O=C1c2ccccc2C(=O)N1c1ccc(-c2csnn2)cc1. The van der Waals surface area contributed by atoms with E-state index >= 15 is 0 Å². The molecule has 0 spiro atoms. The average molecular weight is 307 g/mol. The van der Waals surface area contributed by atoms with E-state index < -0.39 is 0 Å². The van der Waals surface area contributed by atoms with Gasteiger partial charge in [-0.3, -0.25) is 9.59 Å². The number of carbonyl (C=O) groups is 2. The molecule has 0 aliphatic carbocycles. The van der Waals surface area contributed by atoms with E-state index in [0.29, 0.717) is 16.8 Å². The standard InChI is InChI=1S/C16H9N3O2S/c20-15-12-3-1-2-4-13(12)16(21)19(15)11-7-5-10(6-8-11)14-9-22-18-17-14/h1-9H. The van der Waals surface area contributed by atoms with Crippen LogP contribution >= 0.6 is 11.5 Å². The molecule has 0 unspecified atom stereocenters. The van der Waals surface area contributed by atoms with Crippen LogP contribution in [0.3, 0.4) is 0 Å². The van der Waals surface area contributed by atoms with Crippen molar-refractivity contribution in [3.05, 3.63) is 65.0 Å². The minimum atomic E-state index is -0.288. The number of hydrogen-bond donors (Lipinski definition) is 0. The van der Waals surface area contributed by atoms with Crippen LogP contribution in [0.5, 0.6) is 0 Å². The van der Waals surface area contributed by atoms with Crippen LogP contribution < -0.4 is 4.90 Å². The van der Waals surface area contributed by atoms with Crippen molar-refractivity contribution in [2.45, 2.75) is 0 Å². The Kier molecular flexibility index (Phi) is 2.83. The van der Waals surface area contributed by atoms with Gasteiger partial charge in [-0.05, 0) is 35.8 Å². The highest BCUT2D eigenvalue weighted by atomic mass is 32.1. The van der Waals surface area contributed by atoms with E-state index in [1.165, 1.54) is 16.4 Å². The first kappa shape index (κ1) is 12.8. The van der Waals surface area contributed by atoms with Crippen LogP contribution in [0, 0.1) is 0 Å². The van der Waals surface area contributed by atoms with Crippen molar-refractivity contribution in [3.8, 4) is 11.3 Å². The number of nitrogens with zero attached hydrogens (tertiary/aromatic N) is 3. The molecule has 2 amide bonds. The molecule has 1 aliphatic heterocycles. The number of anilines is 1. The first-order valence-corrected chi connectivity index (χ1v) is 7.44. The molecular formula is C16H9N3O2S. The summed E-state index contributed by atoms with van der Waals surface area (Å²) in [4.78, 5) is 26.0. The predicted molar refractivity (Wildman–Crippen MR) is 82.9 cm³/mol. The van der Waals surface area contributed by atoms with E-state index in [-0.39, 0.29) is 11.8 Å². The van der Waals surface area contributed by atoms with Crippen LogP contribution in [0.1, 0.15) is 20.7 Å². The zero-order valence-corrected chi connectivity index (χ0v) is 12.1. The minimum absolute atomic E-state index is 0.288. The lowest BCUT2D eigenvalue weighted by Crippen LogP contribution is -2.29. The summed E-state index contributed by atoms with van der Waals surface area (Å²) in [6.07, 6.45) is 0. The molecule has 1 aliphatic rings. The maximum absolute atomic E-state index is 12.4. The molecule has 6 heteroatoms. The molecule has 2 heterocycles. The Morgan fingerprint density at radius 1 is 0.864 bits per heavy atom. The molecule has 0 atom stereocenters. The van der Waals surface area contributed by atoms with Crippen molar-refractivity contribution in [1.29, 1.82) is 0 Å². The smallest absolute Gasteiger partial charge is 0.266 e. The summed E-state index contributed by atoms with van der Waals surface area (Å²) in [7, 11) is 0.